The first-order valence-corrected chi connectivity index (χ1v) is 18.3. The second-order valence-electron chi connectivity index (χ2n) is 14.0. The van der Waals surface area contributed by atoms with Crippen LogP contribution in [0.2, 0.25) is 0 Å². The average molecular weight is 700 g/mol. The van der Waals surface area contributed by atoms with Crippen molar-refractivity contribution in [2.45, 2.75) is 0 Å². The Kier molecular flexibility index (Phi) is 6.61. The van der Waals surface area contributed by atoms with E-state index in [4.69, 9.17) is 0 Å². The zero-order valence-electron chi connectivity index (χ0n) is 29.5. The zero-order chi connectivity index (χ0) is 36.6. The lowest BCUT2D eigenvalue weighted by Crippen LogP contribution is -2.02. The highest BCUT2D eigenvalue weighted by Gasteiger charge is 2.22. The molecule has 0 spiro atoms. The molecule has 3 aromatic heterocycles. The van der Waals surface area contributed by atoms with Crippen LogP contribution < -0.4 is 0 Å². The van der Waals surface area contributed by atoms with Gasteiger partial charge in [0.2, 0.25) is 0 Å². The number of hydrogen-bond acceptors (Lipinski definition) is 2. The Morgan fingerprint density at radius 1 is 0.345 bits per heavy atom. The van der Waals surface area contributed by atoms with Crippen molar-refractivity contribution in [1.29, 1.82) is 10.5 Å². The van der Waals surface area contributed by atoms with Gasteiger partial charge >= 0.3 is 0 Å². The van der Waals surface area contributed by atoms with Crippen molar-refractivity contribution in [2.24, 2.45) is 0 Å². The molecule has 11 aromatic rings. The zero-order valence-corrected chi connectivity index (χ0v) is 29.5. The normalized spacial score (nSPS) is 11.6. The molecule has 5 heteroatoms. The topological polar surface area (TPSA) is 62.4 Å². The predicted octanol–water partition coefficient (Wildman–Crippen LogP) is 12.4. The molecule has 0 saturated carbocycles. The summed E-state index contributed by atoms with van der Waals surface area (Å²) in [5, 5.41) is 27.7. The van der Waals surface area contributed by atoms with Gasteiger partial charge in [0, 0.05) is 49.3 Å². The van der Waals surface area contributed by atoms with E-state index in [-0.39, 0.29) is 0 Å². The van der Waals surface area contributed by atoms with Gasteiger partial charge in [0.05, 0.1) is 49.9 Å². The first kappa shape index (κ1) is 30.7. The van der Waals surface area contributed by atoms with Crippen molar-refractivity contribution < 1.29 is 0 Å². The summed E-state index contributed by atoms with van der Waals surface area (Å²) in [6, 6.07) is 66.0. The highest BCUT2D eigenvalue weighted by Crippen LogP contribution is 2.41. The van der Waals surface area contributed by atoms with Crippen molar-refractivity contribution in [2.75, 3.05) is 0 Å². The smallest absolute Gasteiger partial charge is 0.101 e. The summed E-state index contributed by atoms with van der Waals surface area (Å²) in [5.41, 5.74) is 12.1. The third-order valence-corrected chi connectivity index (χ3v) is 11.1. The summed E-state index contributed by atoms with van der Waals surface area (Å²) < 4.78 is 6.83. The maximum atomic E-state index is 10.6. The molecule has 8 aromatic carbocycles. The van der Waals surface area contributed by atoms with Crippen LogP contribution in [0.3, 0.4) is 0 Å². The maximum absolute atomic E-state index is 10.6. The molecule has 3 heterocycles. The number of para-hydroxylation sites is 6. The van der Waals surface area contributed by atoms with Crippen LogP contribution in [-0.4, -0.2) is 13.7 Å². The van der Waals surface area contributed by atoms with Gasteiger partial charge in [0.1, 0.15) is 12.1 Å². The minimum Gasteiger partial charge on any atom is -0.309 e. The highest BCUT2D eigenvalue weighted by molar-refractivity contribution is 6.13. The summed E-state index contributed by atoms with van der Waals surface area (Å²) in [4.78, 5) is 0. The summed E-state index contributed by atoms with van der Waals surface area (Å²) >= 11 is 0. The number of aromatic nitrogens is 3. The van der Waals surface area contributed by atoms with E-state index in [2.05, 4.69) is 165 Å². The molecule has 55 heavy (non-hydrogen) atoms. The van der Waals surface area contributed by atoms with Crippen molar-refractivity contribution in [3.8, 4) is 40.3 Å². The molecule has 0 aliphatic carbocycles. The number of hydrogen-bond donors (Lipinski definition) is 0. The van der Waals surface area contributed by atoms with Crippen LogP contribution in [0.1, 0.15) is 11.1 Å². The molecule has 0 fully saturated rings. The van der Waals surface area contributed by atoms with Gasteiger partial charge < -0.3 is 13.7 Å². The molecule has 0 radical (unpaired) electrons. The highest BCUT2D eigenvalue weighted by atomic mass is 15.0. The van der Waals surface area contributed by atoms with Crippen molar-refractivity contribution >= 4 is 65.4 Å². The molecule has 0 aliphatic rings. The summed E-state index contributed by atoms with van der Waals surface area (Å²) in [6.07, 6.45) is 0. The first-order chi connectivity index (χ1) is 27.2. The minimum atomic E-state index is 0.533. The third kappa shape index (κ3) is 4.39. The van der Waals surface area contributed by atoms with E-state index in [1.165, 1.54) is 32.6 Å². The van der Waals surface area contributed by atoms with Crippen LogP contribution in [0.25, 0.3) is 93.6 Å². The Hall–Kier alpha value is -7.86. The van der Waals surface area contributed by atoms with Crippen LogP contribution >= 0.6 is 0 Å². The van der Waals surface area contributed by atoms with Crippen molar-refractivity contribution in [3.63, 3.8) is 0 Å². The molecule has 0 saturated heterocycles. The van der Waals surface area contributed by atoms with Gasteiger partial charge in [-0.1, -0.05) is 115 Å². The third-order valence-electron chi connectivity index (χ3n) is 11.1. The summed E-state index contributed by atoms with van der Waals surface area (Å²) in [7, 11) is 0. The van der Waals surface area contributed by atoms with Gasteiger partial charge in [0.15, 0.2) is 0 Å². The standard InChI is InChI=1S/C50H29N5/c51-30-33-13-10-20-37(49(33)55-47-25-8-4-19-41(47)43-21-11-14-34(31-52)50(43)55)32-12-9-15-35(28-32)54-46-24-7-3-18-40(46)42-27-26-36(29-48(42)54)53-44-22-5-1-16-38(44)39-17-2-6-23-45(39)53/h1-29H. The van der Waals surface area contributed by atoms with Crippen LogP contribution in [0.5, 0.6) is 0 Å². The molecule has 0 aliphatic heterocycles. The number of benzene rings is 8. The van der Waals surface area contributed by atoms with Gasteiger partial charge in [-0.3, -0.25) is 0 Å². The molecule has 254 valence electrons. The fraction of sp³-hybridized carbons (Fsp3) is 0. The maximum Gasteiger partial charge on any atom is 0.101 e. The van der Waals surface area contributed by atoms with Crippen LogP contribution in [0, 0.1) is 22.7 Å². The van der Waals surface area contributed by atoms with Gasteiger partial charge in [-0.25, -0.2) is 0 Å². The number of nitrogens with zero attached hydrogens (tertiary/aromatic N) is 5. The molecule has 0 unspecified atom stereocenters. The van der Waals surface area contributed by atoms with E-state index in [0.29, 0.717) is 11.1 Å². The quantitative estimate of drug-likeness (QED) is 0.184. The number of rotatable bonds is 4. The van der Waals surface area contributed by atoms with E-state index >= 15 is 0 Å². The minimum absolute atomic E-state index is 0.533. The lowest BCUT2D eigenvalue weighted by molar-refractivity contribution is 1.15. The lowest BCUT2D eigenvalue weighted by Gasteiger charge is -2.17. The van der Waals surface area contributed by atoms with Crippen LogP contribution in [0.4, 0.5) is 0 Å². The molecular formula is C50H29N5. The summed E-state index contributed by atoms with van der Waals surface area (Å²) in [6.45, 7) is 0. The Balaban J connectivity index is 1.17. The van der Waals surface area contributed by atoms with Crippen LogP contribution in [0.15, 0.2) is 176 Å². The molecule has 0 N–H and O–H groups in total. The van der Waals surface area contributed by atoms with E-state index in [1.54, 1.807) is 0 Å². The fourth-order valence-electron chi connectivity index (χ4n) is 8.84. The molecule has 0 bridgehead atoms. The van der Waals surface area contributed by atoms with E-state index < -0.39 is 0 Å². The first-order valence-electron chi connectivity index (χ1n) is 18.3. The van der Waals surface area contributed by atoms with E-state index in [0.717, 1.165) is 61.0 Å². The Morgan fingerprint density at radius 2 is 0.818 bits per heavy atom. The van der Waals surface area contributed by atoms with Gasteiger partial charge in [-0.2, -0.15) is 10.5 Å². The van der Waals surface area contributed by atoms with Crippen LogP contribution in [-0.2, 0) is 0 Å². The van der Waals surface area contributed by atoms with E-state index in [1.807, 2.05) is 36.4 Å². The Morgan fingerprint density at radius 3 is 1.45 bits per heavy atom. The second-order valence-corrected chi connectivity index (χ2v) is 14.0. The second kappa shape index (κ2) is 11.8. The van der Waals surface area contributed by atoms with Crippen molar-refractivity contribution in [1.82, 2.24) is 13.7 Å². The molecule has 11 rings (SSSR count). The fourth-order valence-corrected chi connectivity index (χ4v) is 8.84. The van der Waals surface area contributed by atoms with Gasteiger partial charge in [0.25, 0.3) is 0 Å². The number of fused-ring (bicyclic) bond motifs is 9. The molecule has 5 nitrogen and oxygen atoms in total. The SMILES string of the molecule is N#Cc1cccc(-c2cccc(-n3c4ccccc4c4ccc(-n5c6ccccc6c6ccccc65)cc43)c2)c1-n1c2ccccc2c2cccc(C#N)c21. The lowest BCUT2D eigenvalue weighted by atomic mass is 9.99. The largest absolute Gasteiger partial charge is 0.309 e. The molecule has 0 amide bonds. The Bertz CT molecular complexity index is 3420. The Labute approximate surface area is 316 Å². The summed E-state index contributed by atoms with van der Waals surface area (Å²) in [5.74, 6) is 0. The van der Waals surface area contributed by atoms with Crippen molar-refractivity contribution in [3.05, 3.63) is 187 Å². The number of nitriles is 2. The van der Waals surface area contributed by atoms with Gasteiger partial charge in [-0.15, -0.1) is 0 Å². The molecule has 0 atom stereocenters. The monoisotopic (exact) mass is 699 g/mol. The average Bonchev–Trinajstić information content (AvgIpc) is 3.89. The van der Waals surface area contributed by atoms with Gasteiger partial charge in [-0.05, 0) is 66.2 Å². The molecular weight excluding hydrogens is 671 g/mol. The predicted molar refractivity (Wildman–Crippen MR) is 224 cm³/mol. The van der Waals surface area contributed by atoms with E-state index in [9.17, 15) is 10.5 Å².